The fraction of sp³-hybridized carbons (Fsp3) is 0.636. The summed E-state index contributed by atoms with van der Waals surface area (Å²) in [5, 5.41) is 14.2. The molecule has 0 bridgehead atoms. The van der Waals surface area contributed by atoms with E-state index >= 15 is 0 Å². The van der Waals surface area contributed by atoms with Crippen LogP contribution in [0.25, 0.3) is 0 Å². The van der Waals surface area contributed by atoms with Crippen molar-refractivity contribution in [2.45, 2.75) is 25.7 Å². The third kappa shape index (κ3) is 2.59. The molecule has 1 heterocycles. The first-order valence-electron chi connectivity index (χ1n) is 5.67. The molecule has 5 heteroatoms. The number of hydrogen-bond donors (Lipinski definition) is 1. The molecule has 2 rings (SSSR count). The second-order valence-corrected chi connectivity index (χ2v) is 5.33. The van der Waals surface area contributed by atoms with Gasteiger partial charge in [0.2, 0.25) is 0 Å². The van der Waals surface area contributed by atoms with Crippen LogP contribution in [-0.2, 0) is 0 Å². The van der Waals surface area contributed by atoms with E-state index in [2.05, 4.69) is 12.2 Å². The number of nitrogens with one attached hydrogen (secondary N) is 1. The summed E-state index contributed by atoms with van der Waals surface area (Å²) in [5.41, 5.74) is 0. The molecule has 1 saturated carbocycles. The molecular formula is C11H16N2O2S. The maximum absolute atomic E-state index is 10.6. The molecule has 0 amide bonds. The Kier molecular flexibility index (Phi) is 3.56. The van der Waals surface area contributed by atoms with Crippen molar-refractivity contribution in [3.05, 3.63) is 27.1 Å². The highest BCUT2D eigenvalue weighted by Gasteiger charge is 2.39. The summed E-state index contributed by atoms with van der Waals surface area (Å²) in [7, 11) is 0. The van der Waals surface area contributed by atoms with Crippen LogP contribution in [0, 0.1) is 16.0 Å². The molecule has 0 saturated heterocycles. The number of rotatable bonds is 6. The highest BCUT2D eigenvalue weighted by Crippen LogP contribution is 2.50. The van der Waals surface area contributed by atoms with Crippen LogP contribution in [0.1, 0.15) is 30.6 Å². The van der Waals surface area contributed by atoms with Gasteiger partial charge in [0, 0.05) is 10.9 Å². The van der Waals surface area contributed by atoms with Crippen molar-refractivity contribution in [3.8, 4) is 0 Å². The summed E-state index contributed by atoms with van der Waals surface area (Å²) in [4.78, 5) is 11.4. The Bertz CT molecular complexity index is 378. The van der Waals surface area contributed by atoms with Gasteiger partial charge in [-0.2, -0.15) is 0 Å². The summed E-state index contributed by atoms with van der Waals surface area (Å²) in [6, 6.07) is 3.53. The van der Waals surface area contributed by atoms with Crippen molar-refractivity contribution in [3.63, 3.8) is 0 Å². The second-order valence-electron chi connectivity index (χ2n) is 4.24. The van der Waals surface area contributed by atoms with E-state index in [0.29, 0.717) is 11.8 Å². The van der Waals surface area contributed by atoms with Crippen LogP contribution in [-0.4, -0.2) is 18.0 Å². The van der Waals surface area contributed by atoms with Gasteiger partial charge in [-0.1, -0.05) is 18.3 Å². The van der Waals surface area contributed by atoms with E-state index in [4.69, 9.17) is 0 Å². The molecule has 88 valence electrons. The van der Waals surface area contributed by atoms with Gasteiger partial charge in [-0.25, -0.2) is 0 Å². The summed E-state index contributed by atoms with van der Waals surface area (Å²) >= 11 is 1.33. The summed E-state index contributed by atoms with van der Waals surface area (Å²) in [6.45, 7) is 4.26. The van der Waals surface area contributed by atoms with E-state index in [0.717, 1.165) is 19.5 Å². The lowest BCUT2D eigenvalue weighted by molar-refractivity contribution is -0.380. The molecule has 1 N–H and O–H groups in total. The first kappa shape index (κ1) is 11.5. The zero-order valence-electron chi connectivity index (χ0n) is 9.31. The van der Waals surface area contributed by atoms with Gasteiger partial charge in [0.05, 0.1) is 4.92 Å². The minimum Gasteiger partial charge on any atom is -0.316 e. The van der Waals surface area contributed by atoms with E-state index in [9.17, 15) is 10.1 Å². The number of nitrogens with zero attached hydrogens (tertiary/aromatic N) is 1. The Morgan fingerprint density at radius 2 is 2.44 bits per heavy atom. The lowest BCUT2D eigenvalue weighted by atomic mass is 10.2. The molecule has 0 aromatic carbocycles. The van der Waals surface area contributed by atoms with Crippen LogP contribution in [0.5, 0.6) is 0 Å². The van der Waals surface area contributed by atoms with Crippen molar-refractivity contribution < 1.29 is 4.92 Å². The summed E-state index contributed by atoms with van der Waals surface area (Å²) < 4.78 is 0. The van der Waals surface area contributed by atoms with Crippen molar-refractivity contribution in [2.24, 2.45) is 5.92 Å². The molecule has 4 nitrogen and oxygen atoms in total. The molecule has 16 heavy (non-hydrogen) atoms. The van der Waals surface area contributed by atoms with Crippen LogP contribution < -0.4 is 5.32 Å². The van der Waals surface area contributed by atoms with Gasteiger partial charge in [-0.3, -0.25) is 10.1 Å². The van der Waals surface area contributed by atoms with Crippen LogP contribution >= 0.6 is 11.3 Å². The van der Waals surface area contributed by atoms with Crippen molar-refractivity contribution >= 4 is 16.3 Å². The lowest BCUT2D eigenvalue weighted by Crippen LogP contribution is -2.17. The van der Waals surface area contributed by atoms with E-state index in [1.807, 2.05) is 6.07 Å². The Balaban J connectivity index is 1.83. The minimum atomic E-state index is -0.305. The molecular weight excluding hydrogens is 224 g/mol. The first-order chi connectivity index (χ1) is 7.72. The average molecular weight is 240 g/mol. The molecule has 1 aliphatic carbocycles. The van der Waals surface area contributed by atoms with Crippen LogP contribution in [0.4, 0.5) is 5.00 Å². The highest BCUT2D eigenvalue weighted by molar-refractivity contribution is 7.15. The average Bonchev–Trinajstić information content (AvgIpc) is 2.85. The van der Waals surface area contributed by atoms with Gasteiger partial charge >= 0.3 is 5.00 Å². The second kappa shape index (κ2) is 4.93. The molecule has 0 spiro atoms. The molecule has 1 aromatic rings. The van der Waals surface area contributed by atoms with E-state index in [1.54, 1.807) is 6.07 Å². The lowest BCUT2D eigenvalue weighted by Gasteiger charge is -2.00. The fourth-order valence-corrected chi connectivity index (χ4v) is 2.95. The largest absolute Gasteiger partial charge is 0.324 e. The van der Waals surface area contributed by atoms with Gasteiger partial charge in [0.1, 0.15) is 0 Å². The topological polar surface area (TPSA) is 55.2 Å². The van der Waals surface area contributed by atoms with Gasteiger partial charge in [0.15, 0.2) is 0 Å². The third-order valence-electron chi connectivity index (χ3n) is 2.91. The molecule has 0 radical (unpaired) electrons. The van der Waals surface area contributed by atoms with E-state index in [-0.39, 0.29) is 9.92 Å². The monoisotopic (exact) mass is 240 g/mol. The molecule has 1 aromatic heterocycles. The quantitative estimate of drug-likeness (QED) is 0.472. The molecule has 2 atom stereocenters. The Hall–Kier alpha value is -0.940. The normalized spacial score (nSPS) is 23.3. The standard InChI is InChI=1S/C11H16N2O2S/c1-2-5-12-7-8-6-9(8)10-3-4-11(16-10)13(14)15/h3-4,8-9,12H,2,5-7H2,1H3. The third-order valence-corrected chi connectivity index (χ3v) is 4.08. The zero-order valence-corrected chi connectivity index (χ0v) is 10.1. The van der Waals surface area contributed by atoms with Gasteiger partial charge in [-0.15, -0.1) is 0 Å². The number of hydrogen-bond acceptors (Lipinski definition) is 4. The van der Waals surface area contributed by atoms with Crippen LogP contribution in [0.15, 0.2) is 12.1 Å². The van der Waals surface area contributed by atoms with Crippen molar-refractivity contribution in [2.75, 3.05) is 13.1 Å². The van der Waals surface area contributed by atoms with E-state index < -0.39 is 0 Å². The maximum atomic E-state index is 10.6. The molecule has 1 aliphatic rings. The zero-order chi connectivity index (χ0) is 11.5. The molecule has 1 fully saturated rings. The fourth-order valence-electron chi connectivity index (χ4n) is 1.93. The van der Waals surface area contributed by atoms with Gasteiger partial charge in [0.25, 0.3) is 0 Å². The Morgan fingerprint density at radius 1 is 1.62 bits per heavy atom. The van der Waals surface area contributed by atoms with Crippen LogP contribution in [0.3, 0.4) is 0 Å². The molecule has 2 unspecified atom stereocenters. The minimum absolute atomic E-state index is 0.266. The maximum Gasteiger partial charge on any atom is 0.324 e. The highest BCUT2D eigenvalue weighted by atomic mass is 32.1. The SMILES string of the molecule is CCCNCC1CC1c1ccc([N+](=O)[O-])s1. The summed E-state index contributed by atoms with van der Waals surface area (Å²) in [5.74, 6) is 1.24. The van der Waals surface area contributed by atoms with E-state index in [1.165, 1.54) is 22.6 Å². The van der Waals surface area contributed by atoms with Crippen LogP contribution in [0.2, 0.25) is 0 Å². The molecule has 0 aliphatic heterocycles. The first-order valence-corrected chi connectivity index (χ1v) is 6.49. The van der Waals surface area contributed by atoms with Crippen molar-refractivity contribution in [1.82, 2.24) is 5.32 Å². The Morgan fingerprint density at radius 3 is 3.06 bits per heavy atom. The van der Waals surface area contributed by atoms with Gasteiger partial charge < -0.3 is 5.32 Å². The number of thiophene rings is 1. The predicted octanol–water partition coefficient (Wildman–Crippen LogP) is 2.76. The van der Waals surface area contributed by atoms with Crippen molar-refractivity contribution in [1.29, 1.82) is 0 Å². The number of nitro groups is 1. The smallest absolute Gasteiger partial charge is 0.316 e. The summed E-state index contributed by atoms with van der Waals surface area (Å²) in [6.07, 6.45) is 2.33. The Labute approximate surface area is 98.8 Å². The van der Waals surface area contributed by atoms with Gasteiger partial charge in [-0.05, 0) is 43.8 Å². The predicted molar refractivity (Wildman–Crippen MR) is 65.0 cm³/mol.